The highest BCUT2D eigenvalue weighted by molar-refractivity contribution is 6.31. The van der Waals surface area contributed by atoms with E-state index in [0.717, 1.165) is 11.3 Å². The number of nitrogens with zero attached hydrogens (tertiary/aromatic N) is 1. The van der Waals surface area contributed by atoms with Crippen LogP contribution in [0.15, 0.2) is 28.8 Å². The van der Waals surface area contributed by atoms with Crippen LogP contribution in [0.2, 0.25) is 5.02 Å². The molecule has 1 aromatic carbocycles. The van der Waals surface area contributed by atoms with Crippen molar-refractivity contribution >= 4 is 17.3 Å². The number of aromatic nitrogens is 1. The number of halogens is 1. The first-order valence-electron chi connectivity index (χ1n) is 5.08. The van der Waals surface area contributed by atoms with Crippen LogP contribution < -0.4 is 5.73 Å². The van der Waals surface area contributed by atoms with E-state index in [2.05, 4.69) is 18.8 Å². The number of anilines is 1. The Morgan fingerprint density at radius 2 is 2.06 bits per heavy atom. The Morgan fingerprint density at radius 3 is 2.62 bits per heavy atom. The minimum atomic E-state index is 0.317. The topological polar surface area (TPSA) is 52.0 Å². The van der Waals surface area contributed by atoms with Gasteiger partial charge in [0.15, 0.2) is 0 Å². The van der Waals surface area contributed by atoms with Crippen LogP contribution in [0.5, 0.6) is 0 Å². The van der Waals surface area contributed by atoms with Crippen molar-refractivity contribution in [1.29, 1.82) is 0 Å². The van der Waals surface area contributed by atoms with Gasteiger partial charge in [-0.05, 0) is 18.2 Å². The molecule has 1 heterocycles. The van der Waals surface area contributed by atoms with Crippen molar-refractivity contribution in [2.45, 2.75) is 19.8 Å². The summed E-state index contributed by atoms with van der Waals surface area (Å²) in [7, 11) is 0. The van der Waals surface area contributed by atoms with Crippen molar-refractivity contribution < 1.29 is 4.42 Å². The van der Waals surface area contributed by atoms with E-state index in [1.165, 1.54) is 0 Å². The highest BCUT2D eigenvalue weighted by Crippen LogP contribution is 2.27. The van der Waals surface area contributed by atoms with Crippen LogP contribution >= 0.6 is 11.6 Å². The van der Waals surface area contributed by atoms with Gasteiger partial charge in [-0.15, -0.1) is 0 Å². The van der Waals surface area contributed by atoms with Crippen LogP contribution in [-0.4, -0.2) is 4.98 Å². The Hall–Kier alpha value is -1.48. The fourth-order valence-corrected chi connectivity index (χ4v) is 1.67. The Kier molecular flexibility index (Phi) is 2.88. The van der Waals surface area contributed by atoms with Crippen LogP contribution in [0.25, 0.3) is 11.5 Å². The Bertz CT molecular complexity index is 485. The number of hydrogen-bond donors (Lipinski definition) is 1. The molecule has 0 spiro atoms. The summed E-state index contributed by atoms with van der Waals surface area (Å²) in [6.45, 7) is 4.10. The predicted octanol–water partition coefficient (Wildman–Crippen LogP) is 3.70. The van der Waals surface area contributed by atoms with Crippen molar-refractivity contribution in [3.63, 3.8) is 0 Å². The summed E-state index contributed by atoms with van der Waals surface area (Å²) >= 11 is 5.92. The van der Waals surface area contributed by atoms with Crippen LogP contribution in [0.3, 0.4) is 0 Å². The second-order valence-electron chi connectivity index (χ2n) is 4.00. The van der Waals surface area contributed by atoms with Crippen LogP contribution in [0.1, 0.15) is 25.5 Å². The predicted molar refractivity (Wildman–Crippen MR) is 65.5 cm³/mol. The van der Waals surface area contributed by atoms with Gasteiger partial charge in [0.1, 0.15) is 5.76 Å². The number of hydrogen-bond acceptors (Lipinski definition) is 3. The van der Waals surface area contributed by atoms with Crippen molar-refractivity contribution in [2.75, 3.05) is 5.73 Å². The molecule has 0 saturated carbocycles. The largest absolute Gasteiger partial charge is 0.441 e. The summed E-state index contributed by atoms with van der Waals surface area (Å²) in [5.74, 6) is 1.73. The van der Waals surface area contributed by atoms with Gasteiger partial charge in [0.05, 0.1) is 6.20 Å². The first kappa shape index (κ1) is 11.0. The maximum absolute atomic E-state index is 5.92. The second kappa shape index (κ2) is 4.18. The molecule has 4 heteroatoms. The number of nitrogens with two attached hydrogens (primary N) is 1. The van der Waals surface area contributed by atoms with Crippen molar-refractivity contribution in [3.8, 4) is 11.5 Å². The third-order valence-corrected chi connectivity index (χ3v) is 2.48. The first-order chi connectivity index (χ1) is 7.56. The third-order valence-electron chi connectivity index (χ3n) is 2.26. The lowest BCUT2D eigenvalue weighted by Crippen LogP contribution is -1.86. The van der Waals surface area contributed by atoms with E-state index < -0.39 is 0 Å². The van der Waals surface area contributed by atoms with Gasteiger partial charge in [-0.3, -0.25) is 0 Å². The summed E-state index contributed by atoms with van der Waals surface area (Å²) in [6.07, 6.45) is 1.73. The number of nitrogen functional groups attached to an aromatic ring is 1. The number of rotatable bonds is 2. The monoisotopic (exact) mass is 236 g/mol. The SMILES string of the molecule is CC(C)c1cnc(-c2cc(N)cc(Cl)c2)o1. The molecule has 0 radical (unpaired) electrons. The quantitative estimate of drug-likeness (QED) is 0.809. The molecule has 0 unspecified atom stereocenters. The average molecular weight is 237 g/mol. The van der Waals surface area contributed by atoms with E-state index in [0.29, 0.717) is 22.5 Å². The maximum Gasteiger partial charge on any atom is 0.226 e. The van der Waals surface area contributed by atoms with Crippen molar-refractivity contribution in [2.24, 2.45) is 0 Å². The highest BCUT2D eigenvalue weighted by atomic mass is 35.5. The maximum atomic E-state index is 5.92. The van der Waals surface area contributed by atoms with Crippen LogP contribution in [-0.2, 0) is 0 Å². The van der Waals surface area contributed by atoms with E-state index in [4.69, 9.17) is 21.8 Å². The summed E-state index contributed by atoms with van der Waals surface area (Å²) < 4.78 is 5.62. The molecule has 0 fully saturated rings. The molecule has 0 aliphatic rings. The molecule has 0 aliphatic heterocycles. The molecule has 3 nitrogen and oxygen atoms in total. The Balaban J connectivity index is 2.42. The molecule has 0 aliphatic carbocycles. The van der Waals surface area contributed by atoms with E-state index in [-0.39, 0.29) is 0 Å². The minimum absolute atomic E-state index is 0.317. The molecule has 2 N–H and O–H groups in total. The zero-order valence-corrected chi connectivity index (χ0v) is 9.95. The van der Waals surface area contributed by atoms with Crippen molar-refractivity contribution in [1.82, 2.24) is 4.98 Å². The standard InChI is InChI=1S/C12H13ClN2O/c1-7(2)11-6-15-12(16-11)8-3-9(13)5-10(14)4-8/h3-7H,14H2,1-2H3. The van der Waals surface area contributed by atoms with Gasteiger partial charge in [-0.1, -0.05) is 25.4 Å². The molecular formula is C12H13ClN2O. The van der Waals surface area contributed by atoms with E-state index in [1.807, 2.05) is 0 Å². The number of oxazole rings is 1. The van der Waals surface area contributed by atoms with Gasteiger partial charge in [-0.25, -0.2) is 4.98 Å². The lowest BCUT2D eigenvalue weighted by Gasteiger charge is -2.00. The fourth-order valence-electron chi connectivity index (χ4n) is 1.42. The summed E-state index contributed by atoms with van der Waals surface area (Å²) in [4.78, 5) is 4.21. The van der Waals surface area contributed by atoms with E-state index >= 15 is 0 Å². The lowest BCUT2D eigenvalue weighted by molar-refractivity contribution is 0.495. The summed E-state index contributed by atoms with van der Waals surface area (Å²) in [5, 5.41) is 0.583. The van der Waals surface area contributed by atoms with Crippen molar-refractivity contribution in [3.05, 3.63) is 35.2 Å². The molecule has 2 rings (SSSR count). The molecule has 0 bridgehead atoms. The van der Waals surface area contributed by atoms with Crippen LogP contribution in [0.4, 0.5) is 5.69 Å². The third kappa shape index (κ3) is 2.19. The van der Waals surface area contributed by atoms with Gasteiger partial charge >= 0.3 is 0 Å². The number of benzene rings is 1. The zero-order chi connectivity index (χ0) is 11.7. The first-order valence-corrected chi connectivity index (χ1v) is 5.46. The van der Waals surface area contributed by atoms with Gasteiger partial charge in [0, 0.05) is 22.2 Å². The molecular weight excluding hydrogens is 224 g/mol. The van der Waals surface area contributed by atoms with Gasteiger partial charge < -0.3 is 10.2 Å². The van der Waals surface area contributed by atoms with Crippen LogP contribution in [0, 0.1) is 0 Å². The molecule has 16 heavy (non-hydrogen) atoms. The highest BCUT2D eigenvalue weighted by Gasteiger charge is 2.10. The Morgan fingerprint density at radius 1 is 1.31 bits per heavy atom. The lowest BCUT2D eigenvalue weighted by atomic mass is 10.2. The molecule has 2 aromatic rings. The van der Waals surface area contributed by atoms with E-state index in [9.17, 15) is 0 Å². The average Bonchev–Trinajstić information content (AvgIpc) is 2.64. The normalized spacial score (nSPS) is 11.0. The Labute approximate surface area is 99.2 Å². The molecule has 0 amide bonds. The van der Waals surface area contributed by atoms with Gasteiger partial charge in [-0.2, -0.15) is 0 Å². The zero-order valence-electron chi connectivity index (χ0n) is 9.20. The molecule has 1 aromatic heterocycles. The van der Waals surface area contributed by atoms with Gasteiger partial charge in [0.2, 0.25) is 5.89 Å². The molecule has 84 valence electrons. The minimum Gasteiger partial charge on any atom is -0.441 e. The van der Waals surface area contributed by atoms with E-state index in [1.54, 1.807) is 24.4 Å². The smallest absolute Gasteiger partial charge is 0.226 e. The molecule has 0 atom stereocenters. The summed E-state index contributed by atoms with van der Waals surface area (Å²) in [5.41, 5.74) is 7.12. The molecule has 0 saturated heterocycles. The summed E-state index contributed by atoms with van der Waals surface area (Å²) in [6, 6.07) is 5.27. The van der Waals surface area contributed by atoms with Gasteiger partial charge in [0.25, 0.3) is 0 Å². The second-order valence-corrected chi connectivity index (χ2v) is 4.43. The fraction of sp³-hybridized carbons (Fsp3) is 0.250.